The van der Waals surface area contributed by atoms with Crippen LogP contribution in [0.3, 0.4) is 0 Å². The number of nitrogens with zero attached hydrogens (tertiary/aromatic N) is 1. The minimum Gasteiger partial charge on any atom is -0.385 e. The van der Waals surface area contributed by atoms with Crippen LogP contribution < -0.4 is 0 Å². The topological polar surface area (TPSA) is 33.1 Å². The fraction of sp³-hybridized carbons (Fsp3) is 0.188. The molecule has 108 valence electrons. The number of aromatic nitrogens is 1. The highest BCUT2D eigenvalue weighted by Gasteiger charge is 2.26. The Morgan fingerprint density at radius 2 is 1.81 bits per heavy atom. The lowest BCUT2D eigenvalue weighted by molar-refractivity contribution is 0.0569. The highest BCUT2D eigenvalue weighted by Crippen LogP contribution is 2.30. The van der Waals surface area contributed by atoms with Gasteiger partial charge in [0.05, 0.1) is 20.8 Å². The van der Waals surface area contributed by atoms with Gasteiger partial charge in [-0.2, -0.15) is 0 Å². The zero-order chi connectivity index (χ0) is 15.0. The van der Waals surface area contributed by atoms with E-state index in [2.05, 4.69) is 4.98 Å². The average Bonchev–Trinajstić information content (AvgIpc) is 2.78. The maximum absolute atomic E-state index is 13.3. The first-order chi connectivity index (χ1) is 9.94. The van der Waals surface area contributed by atoms with E-state index in [1.807, 2.05) is 24.3 Å². The van der Waals surface area contributed by atoms with E-state index in [0.717, 1.165) is 33.4 Å². The Morgan fingerprint density at radius 1 is 1.14 bits per heavy atom. The molecule has 0 spiro atoms. The van der Waals surface area contributed by atoms with Crippen LogP contribution in [0.4, 0.5) is 8.78 Å². The van der Waals surface area contributed by atoms with Gasteiger partial charge in [-0.1, -0.05) is 12.1 Å². The third kappa shape index (κ3) is 2.94. The fourth-order valence-electron chi connectivity index (χ4n) is 2.26. The van der Waals surface area contributed by atoms with Gasteiger partial charge in [0.25, 0.3) is 0 Å². The van der Waals surface area contributed by atoms with Crippen LogP contribution in [0, 0.1) is 11.6 Å². The molecule has 0 aliphatic rings. The standard InChI is InChI=1S/C16H13F2NOS/c1-16(20,10-6-11(17)8-12(18)7-10)9-15-19-13-4-2-3-5-14(13)21-15/h2-8,20H,9H2,1H3. The molecule has 0 fully saturated rings. The second kappa shape index (κ2) is 5.16. The highest BCUT2D eigenvalue weighted by molar-refractivity contribution is 7.18. The van der Waals surface area contributed by atoms with E-state index in [4.69, 9.17) is 0 Å². The second-order valence-electron chi connectivity index (χ2n) is 5.18. The zero-order valence-electron chi connectivity index (χ0n) is 11.3. The number of benzene rings is 2. The Morgan fingerprint density at radius 3 is 2.48 bits per heavy atom. The molecule has 3 aromatic rings. The van der Waals surface area contributed by atoms with Crippen molar-refractivity contribution < 1.29 is 13.9 Å². The Bertz CT molecular complexity index is 745. The van der Waals surface area contributed by atoms with Crippen molar-refractivity contribution in [2.24, 2.45) is 0 Å². The number of aliphatic hydroxyl groups is 1. The minimum atomic E-state index is -1.38. The lowest BCUT2D eigenvalue weighted by Gasteiger charge is -2.22. The number of para-hydroxylation sites is 1. The molecule has 0 radical (unpaired) electrons. The molecular formula is C16H13F2NOS. The van der Waals surface area contributed by atoms with Gasteiger partial charge in [0, 0.05) is 12.5 Å². The van der Waals surface area contributed by atoms with Crippen molar-refractivity contribution in [3.8, 4) is 0 Å². The van der Waals surface area contributed by atoms with Crippen molar-refractivity contribution in [1.29, 1.82) is 0 Å². The molecule has 0 saturated carbocycles. The molecule has 3 rings (SSSR count). The number of fused-ring (bicyclic) bond motifs is 1. The third-order valence-electron chi connectivity index (χ3n) is 3.32. The summed E-state index contributed by atoms with van der Waals surface area (Å²) in [6, 6.07) is 10.7. The number of hydrogen-bond acceptors (Lipinski definition) is 3. The van der Waals surface area contributed by atoms with Crippen molar-refractivity contribution in [3.63, 3.8) is 0 Å². The van der Waals surface area contributed by atoms with Crippen LogP contribution in [0.2, 0.25) is 0 Å². The molecule has 0 aliphatic carbocycles. The second-order valence-corrected chi connectivity index (χ2v) is 6.30. The first-order valence-corrected chi connectivity index (χ1v) is 7.29. The predicted molar refractivity (Wildman–Crippen MR) is 79.3 cm³/mol. The molecule has 1 heterocycles. The largest absolute Gasteiger partial charge is 0.385 e. The molecule has 0 bridgehead atoms. The van der Waals surface area contributed by atoms with Gasteiger partial charge in [0.2, 0.25) is 0 Å². The molecule has 2 nitrogen and oxygen atoms in total. The van der Waals surface area contributed by atoms with E-state index in [0.29, 0.717) is 0 Å². The van der Waals surface area contributed by atoms with E-state index in [9.17, 15) is 13.9 Å². The summed E-state index contributed by atoms with van der Waals surface area (Å²) in [5, 5.41) is 11.3. The van der Waals surface area contributed by atoms with Crippen LogP contribution in [-0.4, -0.2) is 10.1 Å². The van der Waals surface area contributed by atoms with Crippen LogP contribution in [0.15, 0.2) is 42.5 Å². The molecule has 5 heteroatoms. The van der Waals surface area contributed by atoms with Crippen LogP contribution in [-0.2, 0) is 12.0 Å². The van der Waals surface area contributed by atoms with Gasteiger partial charge in [-0.05, 0) is 36.8 Å². The number of thiazole rings is 1. The van der Waals surface area contributed by atoms with Gasteiger partial charge < -0.3 is 5.11 Å². The average molecular weight is 305 g/mol. The van der Waals surface area contributed by atoms with Gasteiger partial charge in [-0.15, -0.1) is 11.3 Å². The summed E-state index contributed by atoms with van der Waals surface area (Å²) >= 11 is 1.47. The van der Waals surface area contributed by atoms with Crippen molar-refractivity contribution in [2.45, 2.75) is 18.9 Å². The third-order valence-corrected chi connectivity index (χ3v) is 4.35. The summed E-state index contributed by atoms with van der Waals surface area (Å²) in [5.74, 6) is -1.40. The maximum Gasteiger partial charge on any atom is 0.126 e. The van der Waals surface area contributed by atoms with E-state index in [-0.39, 0.29) is 12.0 Å². The summed E-state index contributed by atoms with van der Waals surface area (Å²) in [6.07, 6.45) is 0.204. The fourth-order valence-corrected chi connectivity index (χ4v) is 3.37. The molecule has 2 aromatic carbocycles. The normalized spacial score (nSPS) is 14.3. The first kappa shape index (κ1) is 14.1. The van der Waals surface area contributed by atoms with Crippen LogP contribution in [0.5, 0.6) is 0 Å². The van der Waals surface area contributed by atoms with E-state index < -0.39 is 17.2 Å². The maximum atomic E-state index is 13.3. The lowest BCUT2D eigenvalue weighted by atomic mass is 9.92. The Hall–Kier alpha value is -1.85. The van der Waals surface area contributed by atoms with Crippen LogP contribution in [0.25, 0.3) is 10.2 Å². The van der Waals surface area contributed by atoms with Crippen molar-refractivity contribution in [3.05, 3.63) is 64.7 Å². The van der Waals surface area contributed by atoms with Gasteiger partial charge in [-0.25, -0.2) is 13.8 Å². The smallest absolute Gasteiger partial charge is 0.126 e. The Balaban J connectivity index is 1.94. The number of halogens is 2. The van der Waals surface area contributed by atoms with Crippen molar-refractivity contribution in [1.82, 2.24) is 4.98 Å². The molecule has 0 aliphatic heterocycles. The summed E-state index contributed by atoms with van der Waals surface area (Å²) in [4.78, 5) is 4.44. The van der Waals surface area contributed by atoms with E-state index in [1.54, 1.807) is 0 Å². The van der Waals surface area contributed by atoms with Crippen molar-refractivity contribution >= 4 is 21.6 Å². The predicted octanol–water partition coefficient (Wildman–Crippen LogP) is 4.02. The summed E-state index contributed by atoms with van der Waals surface area (Å²) in [6.45, 7) is 1.54. The number of rotatable bonds is 3. The van der Waals surface area contributed by atoms with Gasteiger partial charge in [-0.3, -0.25) is 0 Å². The quantitative estimate of drug-likeness (QED) is 0.792. The molecule has 21 heavy (non-hydrogen) atoms. The van der Waals surface area contributed by atoms with Crippen LogP contribution >= 0.6 is 11.3 Å². The molecule has 1 unspecified atom stereocenters. The monoisotopic (exact) mass is 305 g/mol. The van der Waals surface area contributed by atoms with Gasteiger partial charge in [0.1, 0.15) is 11.6 Å². The van der Waals surface area contributed by atoms with Crippen molar-refractivity contribution in [2.75, 3.05) is 0 Å². The Labute approximate surface area is 124 Å². The SMILES string of the molecule is CC(O)(Cc1nc2ccccc2s1)c1cc(F)cc(F)c1. The van der Waals surface area contributed by atoms with E-state index >= 15 is 0 Å². The van der Waals surface area contributed by atoms with Gasteiger partial charge in [0.15, 0.2) is 0 Å². The van der Waals surface area contributed by atoms with Crippen LogP contribution in [0.1, 0.15) is 17.5 Å². The van der Waals surface area contributed by atoms with E-state index in [1.165, 1.54) is 18.3 Å². The van der Waals surface area contributed by atoms with Gasteiger partial charge >= 0.3 is 0 Å². The molecule has 1 N–H and O–H groups in total. The minimum absolute atomic E-state index is 0.204. The lowest BCUT2D eigenvalue weighted by Crippen LogP contribution is -2.24. The number of hydrogen-bond donors (Lipinski definition) is 1. The molecule has 1 aromatic heterocycles. The summed E-state index contributed by atoms with van der Waals surface area (Å²) in [5.41, 5.74) is -0.311. The Kier molecular flexibility index (Phi) is 3.47. The molecule has 0 saturated heterocycles. The molecule has 1 atom stereocenters. The molecular weight excluding hydrogens is 292 g/mol. The summed E-state index contributed by atoms with van der Waals surface area (Å²) < 4.78 is 27.6. The summed E-state index contributed by atoms with van der Waals surface area (Å²) in [7, 11) is 0. The first-order valence-electron chi connectivity index (χ1n) is 6.47. The zero-order valence-corrected chi connectivity index (χ0v) is 12.1. The highest BCUT2D eigenvalue weighted by atomic mass is 32.1. The molecule has 0 amide bonds.